The summed E-state index contributed by atoms with van der Waals surface area (Å²) in [5.74, 6) is -1.54. The van der Waals surface area contributed by atoms with Crippen LogP contribution in [0.3, 0.4) is 0 Å². The number of carbonyl (C=O) groups excluding carboxylic acids is 2. The number of aliphatic hydroxyl groups excluding tert-OH is 2. The minimum absolute atomic E-state index is 0.00200. The summed E-state index contributed by atoms with van der Waals surface area (Å²) in [6.45, 7) is 1.74. The summed E-state index contributed by atoms with van der Waals surface area (Å²) in [7, 11) is 1.44. The fourth-order valence-electron chi connectivity index (χ4n) is 4.16. The molecule has 162 valence electrons. The number of phenolic OH excluding ortho intramolecular Hbond substituents is 1. The molecular formula is C23H28O7. The van der Waals surface area contributed by atoms with Crippen LogP contribution in [0, 0.1) is 11.8 Å². The second-order valence-electron chi connectivity index (χ2n) is 7.92. The Hall–Kier alpha value is -2.64. The Morgan fingerprint density at radius 1 is 1.07 bits per heavy atom. The third kappa shape index (κ3) is 4.74. The summed E-state index contributed by atoms with van der Waals surface area (Å²) in [5.41, 5.74) is 0.356. The van der Waals surface area contributed by atoms with Crippen molar-refractivity contribution in [2.75, 3.05) is 7.11 Å². The molecule has 0 amide bonds. The summed E-state index contributed by atoms with van der Waals surface area (Å²) < 4.78 is 10.7. The Morgan fingerprint density at radius 2 is 1.80 bits per heavy atom. The van der Waals surface area contributed by atoms with Crippen molar-refractivity contribution in [3.63, 3.8) is 0 Å². The number of carbonyl (C=O) groups is 2. The van der Waals surface area contributed by atoms with E-state index in [0.29, 0.717) is 30.6 Å². The number of esters is 1. The number of cyclic esters (lactones) is 1. The maximum Gasteiger partial charge on any atom is 0.342 e. The molecule has 0 saturated carbocycles. The number of aromatic hydroxyl groups is 1. The number of hydrogen-bond donors (Lipinski definition) is 3. The van der Waals surface area contributed by atoms with Crippen LogP contribution in [0.25, 0.3) is 6.08 Å². The van der Waals surface area contributed by atoms with Crippen LogP contribution >= 0.6 is 0 Å². The minimum atomic E-state index is -1.49. The molecule has 0 fully saturated rings. The van der Waals surface area contributed by atoms with Gasteiger partial charge in [-0.3, -0.25) is 4.79 Å². The van der Waals surface area contributed by atoms with Crippen LogP contribution in [0.2, 0.25) is 0 Å². The average Bonchev–Trinajstić information content (AvgIpc) is 2.71. The summed E-state index contributed by atoms with van der Waals surface area (Å²) in [5, 5.41) is 31.2. The lowest BCUT2D eigenvalue weighted by atomic mass is 9.75. The number of benzene rings is 1. The van der Waals surface area contributed by atoms with Crippen molar-refractivity contribution < 1.29 is 34.4 Å². The Labute approximate surface area is 175 Å². The van der Waals surface area contributed by atoms with Crippen LogP contribution in [0.4, 0.5) is 0 Å². The zero-order chi connectivity index (χ0) is 21.8. The molecule has 1 aliphatic carbocycles. The van der Waals surface area contributed by atoms with Gasteiger partial charge in [-0.25, -0.2) is 4.79 Å². The van der Waals surface area contributed by atoms with Crippen LogP contribution in [0.5, 0.6) is 11.5 Å². The monoisotopic (exact) mass is 416 g/mol. The zero-order valence-electron chi connectivity index (χ0n) is 17.2. The second kappa shape index (κ2) is 9.45. The number of allylic oxidation sites excluding steroid dienone is 2. The number of rotatable bonds is 1. The first-order valence-electron chi connectivity index (χ1n) is 10.1. The van der Waals surface area contributed by atoms with Gasteiger partial charge in [0.05, 0.1) is 19.3 Å². The van der Waals surface area contributed by atoms with Gasteiger partial charge in [-0.1, -0.05) is 24.3 Å². The molecule has 0 aromatic heterocycles. The lowest BCUT2D eigenvalue weighted by Crippen LogP contribution is -2.41. The topological polar surface area (TPSA) is 113 Å². The first-order valence-corrected chi connectivity index (χ1v) is 10.1. The van der Waals surface area contributed by atoms with Gasteiger partial charge >= 0.3 is 5.97 Å². The molecule has 3 N–H and O–H groups in total. The zero-order valence-corrected chi connectivity index (χ0v) is 17.2. The Morgan fingerprint density at radius 3 is 2.53 bits per heavy atom. The van der Waals surface area contributed by atoms with Crippen molar-refractivity contribution in [1.29, 1.82) is 0 Å². The molecule has 1 heterocycles. The van der Waals surface area contributed by atoms with Gasteiger partial charge < -0.3 is 24.8 Å². The van der Waals surface area contributed by atoms with Gasteiger partial charge in [-0.2, -0.15) is 0 Å². The van der Waals surface area contributed by atoms with E-state index in [1.165, 1.54) is 19.3 Å². The van der Waals surface area contributed by atoms with Gasteiger partial charge in [0.15, 0.2) is 5.78 Å². The third-order valence-electron chi connectivity index (χ3n) is 5.77. The van der Waals surface area contributed by atoms with E-state index < -0.39 is 30.2 Å². The number of Topliss-reactive ketones (excluding diaryl/α,β-unsaturated/α-hetero) is 1. The molecule has 2 aliphatic rings. The van der Waals surface area contributed by atoms with Gasteiger partial charge in [0.25, 0.3) is 0 Å². The summed E-state index contributed by atoms with van der Waals surface area (Å²) in [6, 6.07) is 2.90. The molecule has 0 spiro atoms. The van der Waals surface area contributed by atoms with Crippen LogP contribution in [-0.2, 0) is 9.53 Å². The number of phenols is 1. The number of hydrogen-bond acceptors (Lipinski definition) is 7. The minimum Gasteiger partial charge on any atom is -0.507 e. The molecular weight excluding hydrogens is 388 g/mol. The molecule has 2 unspecified atom stereocenters. The molecule has 0 radical (unpaired) electrons. The van der Waals surface area contributed by atoms with Crippen molar-refractivity contribution in [3.8, 4) is 11.5 Å². The number of ketones is 1. The van der Waals surface area contributed by atoms with E-state index in [2.05, 4.69) is 0 Å². The van der Waals surface area contributed by atoms with Crippen LogP contribution in [0.15, 0.2) is 30.4 Å². The number of methoxy groups -OCH3 is 1. The lowest BCUT2D eigenvalue weighted by molar-refractivity contribution is -0.139. The predicted octanol–water partition coefficient (Wildman–Crippen LogP) is 2.63. The fourth-order valence-corrected chi connectivity index (χ4v) is 4.16. The van der Waals surface area contributed by atoms with E-state index >= 15 is 0 Å². The van der Waals surface area contributed by atoms with Crippen LogP contribution < -0.4 is 4.74 Å². The van der Waals surface area contributed by atoms with Crippen molar-refractivity contribution in [2.45, 2.75) is 50.9 Å². The van der Waals surface area contributed by atoms with E-state index in [9.17, 15) is 24.9 Å². The predicted molar refractivity (Wildman–Crippen MR) is 110 cm³/mol. The molecule has 7 nitrogen and oxygen atoms in total. The van der Waals surface area contributed by atoms with Gasteiger partial charge in [0.1, 0.15) is 23.2 Å². The lowest BCUT2D eigenvalue weighted by Gasteiger charge is -2.31. The highest BCUT2D eigenvalue weighted by molar-refractivity contribution is 5.97. The van der Waals surface area contributed by atoms with Crippen LogP contribution in [-0.4, -0.2) is 52.5 Å². The van der Waals surface area contributed by atoms with Crippen molar-refractivity contribution >= 4 is 17.8 Å². The van der Waals surface area contributed by atoms with Crippen molar-refractivity contribution in [1.82, 2.24) is 0 Å². The van der Waals surface area contributed by atoms with Gasteiger partial charge in [-0.05, 0) is 50.2 Å². The van der Waals surface area contributed by atoms with E-state index in [4.69, 9.17) is 9.47 Å². The molecule has 1 aliphatic heterocycles. The smallest absolute Gasteiger partial charge is 0.342 e. The van der Waals surface area contributed by atoms with E-state index in [1.54, 1.807) is 19.1 Å². The highest BCUT2D eigenvalue weighted by Crippen LogP contribution is 2.34. The highest BCUT2D eigenvalue weighted by atomic mass is 16.5. The van der Waals surface area contributed by atoms with Crippen molar-refractivity contribution in [2.24, 2.45) is 11.8 Å². The number of ether oxygens (including phenoxy) is 2. The largest absolute Gasteiger partial charge is 0.507 e. The quantitative estimate of drug-likeness (QED) is 0.476. The summed E-state index contributed by atoms with van der Waals surface area (Å²) in [4.78, 5) is 25.7. The Balaban J connectivity index is 2.00. The first-order chi connectivity index (χ1) is 14.3. The maximum atomic E-state index is 12.8. The van der Waals surface area contributed by atoms with E-state index in [0.717, 1.165) is 0 Å². The average molecular weight is 416 g/mol. The second-order valence-corrected chi connectivity index (χ2v) is 7.92. The normalized spacial score (nSPS) is 31.1. The molecule has 1 aromatic rings. The highest BCUT2D eigenvalue weighted by Gasteiger charge is 2.36. The van der Waals surface area contributed by atoms with E-state index in [1.807, 2.05) is 12.2 Å². The molecule has 30 heavy (non-hydrogen) atoms. The first kappa shape index (κ1) is 22.1. The third-order valence-corrected chi connectivity index (χ3v) is 5.77. The Kier molecular flexibility index (Phi) is 6.95. The SMILES string of the molecule is COc1cc(O)c2c(c1)/C=C/C[C@H](O)[C@H](O)C(=O)C1CC=CCC1C[C@H](C)OC2=O. The number of fused-ring (bicyclic) bond motifs is 2. The number of aliphatic hydroxyl groups is 2. The Bertz CT molecular complexity index is 857. The molecule has 7 heteroatoms. The molecule has 1 aromatic carbocycles. The van der Waals surface area contributed by atoms with Gasteiger partial charge in [0.2, 0.25) is 0 Å². The van der Waals surface area contributed by atoms with E-state index in [-0.39, 0.29) is 29.4 Å². The fraction of sp³-hybridized carbons (Fsp3) is 0.478. The standard InChI is InChI=1S/C23H28O7/c1-13-10-14-6-3-4-8-17(14)21(26)22(27)18(24)9-5-7-15-11-16(29-2)12-19(25)20(15)23(28)30-13/h3-5,7,11-14,17-18,22,24-25,27H,6,8-10H2,1-2H3/b7-5+/t13-,14?,17?,18-,22-/m0/s1. The molecule has 3 rings (SSSR count). The van der Waals surface area contributed by atoms with Gasteiger partial charge in [-0.15, -0.1) is 0 Å². The summed E-state index contributed by atoms with van der Waals surface area (Å²) >= 11 is 0. The van der Waals surface area contributed by atoms with Crippen molar-refractivity contribution in [3.05, 3.63) is 41.5 Å². The van der Waals surface area contributed by atoms with Gasteiger partial charge in [0, 0.05) is 12.0 Å². The van der Waals surface area contributed by atoms with Crippen LogP contribution in [0.1, 0.15) is 48.5 Å². The molecule has 5 atom stereocenters. The molecule has 0 bridgehead atoms. The summed E-state index contributed by atoms with van der Waals surface area (Å²) in [6.07, 6.45) is 5.22. The maximum absolute atomic E-state index is 12.8. The molecule has 0 saturated heterocycles.